The first-order valence-electron chi connectivity index (χ1n) is 5.87. The molecule has 1 N–H and O–H groups in total. The molecule has 7 nitrogen and oxygen atoms in total. The maximum atomic E-state index is 10.4. The van der Waals surface area contributed by atoms with Gasteiger partial charge in [-0.3, -0.25) is 20.2 Å². The Morgan fingerprint density at radius 2 is 1.52 bits per heavy atom. The number of nitro benzene ring substituents is 2. The lowest BCUT2D eigenvalue weighted by Gasteiger charge is -1.99. The van der Waals surface area contributed by atoms with Crippen LogP contribution in [0.1, 0.15) is 5.56 Å². The third kappa shape index (κ3) is 4.95. The minimum absolute atomic E-state index is 0.103. The second-order valence-electron chi connectivity index (χ2n) is 4.18. The summed E-state index contributed by atoms with van der Waals surface area (Å²) in [4.78, 5) is 19.1. The summed E-state index contributed by atoms with van der Waals surface area (Å²) in [6.45, 7) is 1.36. The minimum Gasteiger partial charge on any atom is -0.502 e. The van der Waals surface area contributed by atoms with E-state index in [0.29, 0.717) is 15.1 Å². The average Bonchev–Trinajstić information content (AvgIpc) is 2.47. The monoisotopic (exact) mass is 378 g/mol. The third-order valence-electron chi connectivity index (χ3n) is 2.58. The number of non-ortho nitro benzene ring substituents is 1. The van der Waals surface area contributed by atoms with E-state index < -0.39 is 27.0 Å². The molecule has 23 heavy (non-hydrogen) atoms. The van der Waals surface area contributed by atoms with Crippen LogP contribution in [0.25, 0.3) is 0 Å². The minimum atomic E-state index is -0.866. The molecule has 2 rings (SSSR count). The van der Waals surface area contributed by atoms with E-state index in [0.717, 1.165) is 12.1 Å². The molecular weight excluding hydrogens is 371 g/mol. The van der Waals surface area contributed by atoms with Crippen LogP contribution < -0.4 is 0 Å². The van der Waals surface area contributed by atoms with Gasteiger partial charge in [-0.15, -0.1) is 0 Å². The fourth-order valence-electron chi connectivity index (χ4n) is 1.46. The SMILES string of the molecule is Cc1cc([N+](=O)[O-])cc([N+](=O)[O-])c1O.Clc1cccc(Cl)c1Cl. The molecule has 0 saturated heterocycles. The molecule has 0 saturated carbocycles. The Labute approximate surface area is 145 Å². The Morgan fingerprint density at radius 3 is 1.91 bits per heavy atom. The number of nitro groups is 2. The molecule has 0 bridgehead atoms. The molecule has 0 amide bonds. The summed E-state index contributed by atoms with van der Waals surface area (Å²) in [5.74, 6) is -0.541. The molecule has 0 atom stereocenters. The zero-order valence-electron chi connectivity index (χ0n) is 11.5. The van der Waals surface area contributed by atoms with Crippen molar-refractivity contribution in [3.05, 3.63) is 71.2 Å². The second-order valence-corrected chi connectivity index (χ2v) is 5.37. The standard InChI is InChI=1S/C7H6N2O5.C6H3Cl3/c1-4-2-5(8(11)12)3-6(7(4)10)9(13)14;7-4-2-1-3-5(8)6(4)9/h2-3,10H,1H3;1-3H. The highest BCUT2D eigenvalue weighted by atomic mass is 35.5. The molecule has 0 heterocycles. The summed E-state index contributed by atoms with van der Waals surface area (Å²) in [6.07, 6.45) is 0. The quantitative estimate of drug-likeness (QED) is 0.440. The summed E-state index contributed by atoms with van der Waals surface area (Å²) in [6, 6.07) is 6.92. The van der Waals surface area contributed by atoms with Gasteiger partial charge in [-0.1, -0.05) is 40.9 Å². The predicted molar refractivity (Wildman–Crippen MR) is 87.6 cm³/mol. The maximum absolute atomic E-state index is 10.4. The highest BCUT2D eigenvalue weighted by Gasteiger charge is 2.21. The highest BCUT2D eigenvalue weighted by Crippen LogP contribution is 2.33. The molecule has 2 aromatic rings. The fraction of sp³-hybridized carbons (Fsp3) is 0.0769. The summed E-state index contributed by atoms with van der Waals surface area (Å²) >= 11 is 16.8. The van der Waals surface area contributed by atoms with Gasteiger partial charge >= 0.3 is 5.69 Å². The number of hydrogen-bond donors (Lipinski definition) is 1. The lowest BCUT2D eigenvalue weighted by molar-refractivity contribution is -0.394. The molecule has 0 unspecified atom stereocenters. The molecule has 0 aliphatic heterocycles. The third-order valence-corrected chi connectivity index (χ3v) is 3.81. The van der Waals surface area contributed by atoms with Crippen LogP contribution in [0.2, 0.25) is 15.1 Å². The van der Waals surface area contributed by atoms with E-state index >= 15 is 0 Å². The van der Waals surface area contributed by atoms with E-state index in [9.17, 15) is 25.3 Å². The van der Waals surface area contributed by atoms with Crippen molar-refractivity contribution < 1.29 is 15.0 Å². The van der Waals surface area contributed by atoms with E-state index in [1.165, 1.54) is 6.92 Å². The number of phenolic OH excluding ortho intramolecular Hbond substituents is 1. The van der Waals surface area contributed by atoms with Gasteiger partial charge in [0.1, 0.15) is 0 Å². The van der Waals surface area contributed by atoms with Gasteiger partial charge in [-0.25, -0.2) is 0 Å². The average molecular weight is 380 g/mol. The van der Waals surface area contributed by atoms with Crippen molar-refractivity contribution >= 4 is 46.2 Å². The molecule has 10 heteroatoms. The summed E-state index contributed by atoms with van der Waals surface area (Å²) < 4.78 is 0. The van der Waals surface area contributed by atoms with Gasteiger partial charge < -0.3 is 5.11 Å². The molecule has 0 aliphatic carbocycles. The van der Waals surface area contributed by atoms with Crippen LogP contribution in [0.5, 0.6) is 5.75 Å². The van der Waals surface area contributed by atoms with Crippen LogP contribution in [-0.2, 0) is 0 Å². The summed E-state index contributed by atoms with van der Waals surface area (Å²) in [5, 5.41) is 31.3. The van der Waals surface area contributed by atoms with Gasteiger partial charge in [0.05, 0.1) is 31.0 Å². The van der Waals surface area contributed by atoms with Crippen LogP contribution in [0, 0.1) is 27.2 Å². The Bertz CT molecular complexity index is 747. The molecule has 0 aliphatic rings. The van der Waals surface area contributed by atoms with Crippen molar-refractivity contribution in [3.63, 3.8) is 0 Å². The lowest BCUT2D eigenvalue weighted by Crippen LogP contribution is -1.94. The number of halogens is 3. The highest BCUT2D eigenvalue weighted by molar-refractivity contribution is 6.47. The maximum Gasteiger partial charge on any atom is 0.317 e. The molecular formula is C13H9Cl3N2O5. The van der Waals surface area contributed by atoms with Gasteiger partial charge in [0, 0.05) is 11.6 Å². The van der Waals surface area contributed by atoms with Crippen molar-refractivity contribution in [2.24, 2.45) is 0 Å². The van der Waals surface area contributed by atoms with Gasteiger partial charge in [-0.2, -0.15) is 0 Å². The zero-order chi connectivity index (χ0) is 17.7. The van der Waals surface area contributed by atoms with Crippen molar-refractivity contribution in [1.82, 2.24) is 0 Å². The van der Waals surface area contributed by atoms with E-state index in [1.54, 1.807) is 18.2 Å². The predicted octanol–water partition coefficient (Wildman–Crippen LogP) is 5.16. The van der Waals surface area contributed by atoms with E-state index in [4.69, 9.17) is 34.8 Å². The summed E-state index contributed by atoms with van der Waals surface area (Å²) in [5.41, 5.74) is -0.963. The van der Waals surface area contributed by atoms with Crippen molar-refractivity contribution in [3.8, 4) is 5.75 Å². The van der Waals surface area contributed by atoms with Crippen molar-refractivity contribution in [1.29, 1.82) is 0 Å². The molecule has 122 valence electrons. The smallest absolute Gasteiger partial charge is 0.317 e. The zero-order valence-corrected chi connectivity index (χ0v) is 13.8. The van der Waals surface area contributed by atoms with Crippen LogP contribution in [-0.4, -0.2) is 15.0 Å². The number of rotatable bonds is 2. The second kappa shape index (κ2) is 7.96. The number of aryl methyl sites for hydroxylation is 1. The topological polar surface area (TPSA) is 107 Å². The first-order valence-corrected chi connectivity index (χ1v) is 7.00. The largest absolute Gasteiger partial charge is 0.502 e. The molecule has 0 spiro atoms. The molecule has 0 radical (unpaired) electrons. The van der Waals surface area contributed by atoms with E-state index in [2.05, 4.69) is 0 Å². The number of hydrogen-bond acceptors (Lipinski definition) is 5. The first-order chi connectivity index (χ1) is 10.6. The van der Waals surface area contributed by atoms with E-state index in [-0.39, 0.29) is 5.56 Å². The number of aromatic hydroxyl groups is 1. The summed E-state index contributed by atoms with van der Waals surface area (Å²) in [7, 11) is 0. The van der Waals surface area contributed by atoms with Crippen LogP contribution in [0.15, 0.2) is 30.3 Å². The Kier molecular flexibility index (Phi) is 6.56. The Hall–Kier alpha value is -2.09. The van der Waals surface area contributed by atoms with Gasteiger partial charge in [0.2, 0.25) is 0 Å². The van der Waals surface area contributed by atoms with Crippen LogP contribution in [0.3, 0.4) is 0 Å². The number of phenols is 1. The normalized spacial score (nSPS) is 9.74. The van der Waals surface area contributed by atoms with Gasteiger partial charge in [0.25, 0.3) is 5.69 Å². The van der Waals surface area contributed by atoms with Gasteiger partial charge in [0.15, 0.2) is 5.75 Å². The van der Waals surface area contributed by atoms with Gasteiger partial charge in [-0.05, 0) is 19.1 Å². The van der Waals surface area contributed by atoms with Crippen molar-refractivity contribution in [2.45, 2.75) is 6.92 Å². The molecule has 2 aromatic carbocycles. The Morgan fingerprint density at radius 1 is 1.00 bits per heavy atom. The number of benzene rings is 2. The van der Waals surface area contributed by atoms with Crippen LogP contribution in [0.4, 0.5) is 11.4 Å². The number of nitrogens with zero attached hydrogens (tertiary/aromatic N) is 2. The van der Waals surface area contributed by atoms with E-state index in [1.807, 2.05) is 0 Å². The molecule has 0 aromatic heterocycles. The van der Waals surface area contributed by atoms with Crippen LogP contribution >= 0.6 is 34.8 Å². The van der Waals surface area contributed by atoms with Crippen molar-refractivity contribution in [2.75, 3.05) is 0 Å². The lowest BCUT2D eigenvalue weighted by atomic mass is 10.1. The fourth-order valence-corrected chi connectivity index (χ4v) is 1.99. The first kappa shape index (κ1) is 19.0. The Balaban J connectivity index is 0.000000253. The molecule has 0 fully saturated rings.